The number of hydrogen-bond acceptors (Lipinski definition) is 2. The molecule has 0 radical (unpaired) electrons. The van der Waals surface area contributed by atoms with Gasteiger partial charge in [-0.25, -0.2) is 0 Å². The van der Waals surface area contributed by atoms with Crippen molar-refractivity contribution in [3.63, 3.8) is 0 Å². The highest BCUT2D eigenvalue weighted by atomic mass is 16.4. The predicted molar refractivity (Wildman–Crippen MR) is 65.4 cm³/mol. The standard InChI is InChI=1S/C13H25NO2/c1-5-6-13(3,12(15)16)9-14(4)8-11-7-10(11)2/h10-11H,5-9H2,1-4H3,(H,15,16). The number of aliphatic carboxylic acids is 1. The van der Waals surface area contributed by atoms with Crippen molar-refractivity contribution >= 4 is 5.97 Å². The van der Waals surface area contributed by atoms with E-state index in [-0.39, 0.29) is 0 Å². The molecule has 3 nitrogen and oxygen atoms in total. The summed E-state index contributed by atoms with van der Waals surface area (Å²) in [5.41, 5.74) is -0.582. The number of carboxylic acid groups (broad SMARTS) is 1. The lowest BCUT2D eigenvalue weighted by molar-refractivity contribution is -0.149. The number of carbonyl (C=O) groups is 1. The van der Waals surface area contributed by atoms with E-state index >= 15 is 0 Å². The van der Waals surface area contributed by atoms with Gasteiger partial charge in [0, 0.05) is 13.1 Å². The fourth-order valence-corrected chi connectivity index (χ4v) is 2.52. The molecule has 0 amide bonds. The fraction of sp³-hybridized carbons (Fsp3) is 0.923. The van der Waals surface area contributed by atoms with Crippen molar-refractivity contribution in [3.8, 4) is 0 Å². The molecule has 1 N–H and O–H groups in total. The molecule has 0 aliphatic heterocycles. The summed E-state index contributed by atoms with van der Waals surface area (Å²) in [4.78, 5) is 13.5. The van der Waals surface area contributed by atoms with Crippen LogP contribution < -0.4 is 0 Å². The van der Waals surface area contributed by atoms with Gasteiger partial charge in [0.05, 0.1) is 5.41 Å². The first-order valence-corrected chi connectivity index (χ1v) is 6.31. The quantitative estimate of drug-likeness (QED) is 0.726. The Morgan fingerprint density at radius 1 is 1.56 bits per heavy atom. The molecule has 0 saturated heterocycles. The van der Waals surface area contributed by atoms with E-state index in [9.17, 15) is 9.90 Å². The Bertz CT molecular complexity index is 254. The van der Waals surface area contributed by atoms with Crippen molar-refractivity contribution in [2.75, 3.05) is 20.1 Å². The highest BCUT2D eigenvalue weighted by Crippen LogP contribution is 2.38. The highest BCUT2D eigenvalue weighted by molar-refractivity contribution is 5.74. The summed E-state index contributed by atoms with van der Waals surface area (Å²) in [7, 11) is 2.04. The van der Waals surface area contributed by atoms with Crippen LogP contribution >= 0.6 is 0 Å². The lowest BCUT2D eigenvalue weighted by atomic mass is 9.85. The van der Waals surface area contributed by atoms with Crippen LogP contribution in [0.15, 0.2) is 0 Å². The molecule has 3 heteroatoms. The Kier molecular flexibility index (Phi) is 4.36. The van der Waals surface area contributed by atoms with E-state index in [2.05, 4.69) is 11.8 Å². The van der Waals surface area contributed by atoms with E-state index in [1.54, 1.807) is 0 Å². The summed E-state index contributed by atoms with van der Waals surface area (Å²) in [6, 6.07) is 0. The normalized spacial score (nSPS) is 27.8. The van der Waals surface area contributed by atoms with E-state index in [0.29, 0.717) is 6.54 Å². The Labute approximate surface area is 98.8 Å². The maximum absolute atomic E-state index is 11.3. The molecule has 1 rings (SSSR count). The van der Waals surface area contributed by atoms with Gasteiger partial charge in [0.2, 0.25) is 0 Å². The minimum absolute atomic E-state index is 0.582. The molecule has 1 aliphatic rings. The minimum Gasteiger partial charge on any atom is -0.481 e. The lowest BCUT2D eigenvalue weighted by Gasteiger charge is -2.30. The van der Waals surface area contributed by atoms with Crippen LogP contribution in [-0.4, -0.2) is 36.1 Å². The van der Waals surface area contributed by atoms with Crippen molar-refractivity contribution in [1.29, 1.82) is 0 Å². The van der Waals surface area contributed by atoms with Gasteiger partial charge in [-0.2, -0.15) is 0 Å². The summed E-state index contributed by atoms with van der Waals surface area (Å²) in [6.07, 6.45) is 2.99. The fourth-order valence-electron chi connectivity index (χ4n) is 2.52. The van der Waals surface area contributed by atoms with E-state index < -0.39 is 11.4 Å². The molecule has 1 fully saturated rings. The molecule has 0 aromatic rings. The first kappa shape index (κ1) is 13.5. The van der Waals surface area contributed by atoms with Gasteiger partial charge < -0.3 is 10.0 Å². The van der Waals surface area contributed by atoms with Crippen LogP contribution in [0.1, 0.15) is 40.0 Å². The molecule has 0 aromatic heterocycles. The second-order valence-electron chi connectivity index (χ2n) is 5.79. The number of hydrogen-bond donors (Lipinski definition) is 1. The molecular weight excluding hydrogens is 202 g/mol. The van der Waals surface area contributed by atoms with Gasteiger partial charge in [-0.05, 0) is 38.6 Å². The third-order valence-corrected chi connectivity index (χ3v) is 3.76. The zero-order chi connectivity index (χ0) is 12.3. The SMILES string of the molecule is CCCC(C)(CN(C)CC1CC1C)C(=O)O. The molecule has 1 aliphatic carbocycles. The van der Waals surface area contributed by atoms with Crippen LogP contribution in [0.4, 0.5) is 0 Å². The smallest absolute Gasteiger partial charge is 0.310 e. The summed E-state index contributed by atoms with van der Waals surface area (Å²) < 4.78 is 0. The minimum atomic E-state index is -0.662. The van der Waals surface area contributed by atoms with Crippen molar-refractivity contribution in [3.05, 3.63) is 0 Å². The van der Waals surface area contributed by atoms with Crippen LogP contribution in [0.25, 0.3) is 0 Å². The monoisotopic (exact) mass is 227 g/mol. The van der Waals surface area contributed by atoms with Gasteiger partial charge in [0.25, 0.3) is 0 Å². The lowest BCUT2D eigenvalue weighted by Crippen LogP contribution is -2.40. The average Bonchev–Trinajstić information content (AvgIpc) is 2.80. The van der Waals surface area contributed by atoms with E-state index in [4.69, 9.17) is 0 Å². The van der Waals surface area contributed by atoms with E-state index in [1.807, 2.05) is 20.9 Å². The number of nitrogens with zero attached hydrogens (tertiary/aromatic N) is 1. The largest absolute Gasteiger partial charge is 0.481 e. The first-order chi connectivity index (χ1) is 7.39. The second kappa shape index (κ2) is 5.17. The van der Waals surface area contributed by atoms with Gasteiger partial charge in [-0.3, -0.25) is 4.79 Å². The molecule has 0 aromatic carbocycles. The predicted octanol–water partition coefficient (Wildman–Crippen LogP) is 2.47. The van der Waals surface area contributed by atoms with Crippen LogP contribution in [0, 0.1) is 17.3 Å². The Morgan fingerprint density at radius 3 is 2.50 bits per heavy atom. The van der Waals surface area contributed by atoms with Crippen molar-refractivity contribution in [2.45, 2.75) is 40.0 Å². The van der Waals surface area contributed by atoms with Crippen LogP contribution in [0.5, 0.6) is 0 Å². The molecule has 94 valence electrons. The summed E-state index contributed by atoms with van der Waals surface area (Å²) in [6.45, 7) is 7.89. The van der Waals surface area contributed by atoms with E-state index in [0.717, 1.165) is 31.2 Å². The molecule has 3 atom stereocenters. The van der Waals surface area contributed by atoms with Crippen LogP contribution in [0.2, 0.25) is 0 Å². The topological polar surface area (TPSA) is 40.5 Å². The first-order valence-electron chi connectivity index (χ1n) is 6.31. The Morgan fingerprint density at radius 2 is 2.12 bits per heavy atom. The number of rotatable bonds is 7. The van der Waals surface area contributed by atoms with Gasteiger partial charge >= 0.3 is 5.97 Å². The third-order valence-electron chi connectivity index (χ3n) is 3.76. The summed E-state index contributed by atoms with van der Waals surface area (Å²) in [5, 5.41) is 9.29. The van der Waals surface area contributed by atoms with Gasteiger partial charge in [-0.15, -0.1) is 0 Å². The summed E-state index contributed by atoms with van der Waals surface area (Å²) in [5.74, 6) is 0.972. The molecule has 1 saturated carbocycles. The van der Waals surface area contributed by atoms with E-state index in [1.165, 1.54) is 6.42 Å². The molecule has 0 bridgehead atoms. The zero-order valence-electron chi connectivity index (χ0n) is 11.0. The third kappa shape index (κ3) is 3.48. The van der Waals surface area contributed by atoms with Gasteiger partial charge in [0.1, 0.15) is 0 Å². The zero-order valence-corrected chi connectivity index (χ0v) is 11.0. The Hall–Kier alpha value is -0.570. The molecular formula is C13H25NO2. The van der Waals surface area contributed by atoms with Crippen molar-refractivity contribution in [2.24, 2.45) is 17.3 Å². The van der Waals surface area contributed by atoms with Gasteiger partial charge in [-0.1, -0.05) is 20.3 Å². The maximum atomic E-state index is 11.3. The second-order valence-corrected chi connectivity index (χ2v) is 5.79. The van der Waals surface area contributed by atoms with Crippen LogP contribution in [0.3, 0.4) is 0 Å². The Balaban J connectivity index is 2.44. The van der Waals surface area contributed by atoms with Gasteiger partial charge in [0.15, 0.2) is 0 Å². The van der Waals surface area contributed by atoms with Crippen molar-refractivity contribution in [1.82, 2.24) is 4.90 Å². The number of carboxylic acids is 1. The molecule has 0 spiro atoms. The average molecular weight is 227 g/mol. The molecule has 16 heavy (non-hydrogen) atoms. The maximum Gasteiger partial charge on any atom is 0.310 e. The summed E-state index contributed by atoms with van der Waals surface area (Å²) >= 11 is 0. The molecule has 0 heterocycles. The highest BCUT2D eigenvalue weighted by Gasteiger charge is 2.37. The van der Waals surface area contributed by atoms with Crippen molar-refractivity contribution < 1.29 is 9.90 Å². The van der Waals surface area contributed by atoms with Crippen LogP contribution in [-0.2, 0) is 4.79 Å². The molecule has 3 unspecified atom stereocenters.